The van der Waals surface area contributed by atoms with E-state index < -0.39 is 92.7 Å². The van der Waals surface area contributed by atoms with Crippen LogP contribution in [0.3, 0.4) is 0 Å². The number of rotatable bonds is 21. The fourth-order valence-corrected chi connectivity index (χ4v) is 12.9. The molecule has 0 fully saturated rings. The Morgan fingerprint density at radius 2 is 1.27 bits per heavy atom. The van der Waals surface area contributed by atoms with Crippen molar-refractivity contribution in [3.63, 3.8) is 0 Å². The molecule has 0 spiro atoms. The van der Waals surface area contributed by atoms with Gasteiger partial charge in [0, 0.05) is 72.0 Å². The standard InChI is InChI=1S/C45H52N2O18S5/c1-5-46-36-28-38(70(62,63)64)31-17-16-29(67(53,54)55)25-33(31)43(36)45(3,21-23-65-4)39(46)13-8-6-9-14-40-44(2,20-12-24-66(50,51)52)42-34-26-30(68(56,57)58)27-37(69(59,60)61)32(34)18-19-35(42)47(40)22-11-7-10-15-41(48)49/h6,8-9,13-14,16-19,25-28H,5,7,10-12,15,20-24H2,1-4H3,(H5-,48,49,50,51,52,53,54,55,56,57,58,59,60,61,62,63,64)/p+1. The van der Waals surface area contributed by atoms with Crippen LogP contribution in [-0.2, 0) is 71.0 Å². The summed E-state index contributed by atoms with van der Waals surface area (Å²) in [5.41, 5.74) is 0.318. The van der Waals surface area contributed by atoms with Gasteiger partial charge in [0.25, 0.3) is 50.6 Å². The molecule has 6 N–H and O–H groups in total. The van der Waals surface area contributed by atoms with Gasteiger partial charge >= 0.3 is 5.97 Å². The zero-order chi connectivity index (χ0) is 52.0. The van der Waals surface area contributed by atoms with Crippen molar-refractivity contribution in [1.82, 2.24) is 0 Å². The molecule has 0 saturated carbocycles. The molecule has 0 bridgehead atoms. The maximum Gasteiger partial charge on any atom is 0.303 e. The summed E-state index contributed by atoms with van der Waals surface area (Å²) in [5.74, 6) is -1.68. The highest BCUT2D eigenvalue weighted by Gasteiger charge is 2.50. The SMILES string of the molecule is CC[N+]1=C(/C=C/C=C/C=C2/N(CCCCCC(=O)O)c3ccc4c(S(=O)(=O)O)cc(S(=O)(=O)O)cc4c3C2(C)CCCS(=O)(=O)O)C(C)(CCOC)c2c1cc(S(=O)(=O)O)c1ccc(S(=O)(=O)O)cc21. The maximum atomic E-state index is 12.8. The van der Waals surface area contributed by atoms with Gasteiger partial charge in [0.15, 0.2) is 5.71 Å². The zero-order valence-corrected chi connectivity index (χ0v) is 42.4. The first-order chi connectivity index (χ1) is 32.4. The van der Waals surface area contributed by atoms with Crippen LogP contribution in [0.2, 0.25) is 0 Å². The van der Waals surface area contributed by atoms with E-state index in [9.17, 15) is 74.8 Å². The molecule has 0 amide bonds. The summed E-state index contributed by atoms with van der Waals surface area (Å²) in [6.45, 7) is 6.01. The van der Waals surface area contributed by atoms with E-state index in [2.05, 4.69) is 0 Å². The number of carbonyl (C=O) groups is 1. The minimum atomic E-state index is -5.12. The molecule has 0 aliphatic carbocycles. The van der Waals surface area contributed by atoms with Gasteiger partial charge in [0.2, 0.25) is 5.69 Å². The minimum Gasteiger partial charge on any atom is -0.481 e. The number of nitrogens with zero attached hydrogens (tertiary/aromatic N) is 2. The van der Waals surface area contributed by atoms with Crippen molar-refractivity contribution in [2.75, 3.05) is 37.5 Å². The number of benzene rings is 4. The summed E-state index contributed by atoms with van der Waals surface area (Å²) in [6, 6.07) is 9.24. The predicted molar refractivity (Wildman–Crippen MR) is 259 cm³/mol. The van der Waals surface area contributed by atoms with Crippen LogP contribution in [0, 0.1) is 0 Å². The van der Waals surface area contributed by atoms with Crippen LogP contribution < -0.4 is 4.90 Å². The Morgan fingerprint density at radius 1 is 0.671 bits per heavy atom. The number of hydrogen-bond acceptors (Lipinski definition) is 13. The Bertz CT molecular complexity index is 3510. The van der Waals surface area contributed by atoms with E-state index in [1.165, 1.54) is 25.3 Å². The lowest BCUT2D eigenvalue weighted by Crippen LogP contribution is -2.32. The Morgan fingerprint density at radius 3 is 1.84 bits per heavy atom. The van der Waals surface area contributed by atoms with Gasteiger partial charge in [-0.15, -0.1) is 0 Å². The number of ether oxygens (including phenoxy) is 1. The second-order valence-electron chi connectivity index (χ2n) is 17.4. The summed E-state index contributed by atoms with van der Waals surface area (Å²) in [5, 5.41) is 9.26. The van der Waals surface area contributed by atoms with E-state index in [0.717, 1.165) is 18.2 Å². The van der Waals surface area contributed by atoms with Crippen LogP contribution in [0.4, 0.5) is 11.4 Å². The molecule has 4 aromatic carbocycles. The van der Waals surface area contributed by atoms with Gasteiger partial charge in [-0.3, -0.25) is 27.6 Å². The lowest BCUT2D eigenvalue weighted by molar-refractivity contribution is -0.433. The fourth-order valence-electron chi connectivity index (χ4n) is 9.80. The highest BCUT2D eigenvalue weighted by Crippen LogP contribution is 2.54. The molecule has 20 nitrogen and oxygen atoms in total. The number of methoxy groups -OCH3 is 1. The summed E-state index contributed by atoms with van der Waals surface area (Å²) < 4.78 is 183. The average molecular weight is 1070 g/mol. The average Bonchev–Trinajstić information content (AvgIpc) is 3.63. The van der Waals surface area contributed by atoms with Gasteiger partial charge in [0.05, 0.1) is 21.0 Å². The highest BCUT2D eigenvalue weighted by atomic mass is 32.2. The molecule has 2 aliphatic rings. The Labute approximate surface area is 406 Å². The molecule has 380 valence electrons. The third kappa shape index (κ3) is 11.1. The van der Waals surface area contributed by atoms with Crippen molar-refractivity contribution in [3.05, 3.63) is 95.7 Å². The van der Waals surface area contributed by atoms with Crippen molar-refractivity contribution in [2.24, 2.45) is 0 Å². The smallest absolute Gasteiger partial charge is 0.303 e. The quantitative estimate of drug-likeness (QED) is 0.0225. The number of carboxylic acid groups (broad SMARTS) is 1. The van der Waals surface area contributed by atoms with Gasteiger partial charge in [-0.25, -0.2) is 0 Å². The third-order valence-electron chi connectivity index (χ3n) is 12.9. The highest BCUT2D eigenvalue weighted by molar-refractivity contribution is 7.87. The molecular weight excluding hydrogens is 1020 g/mol. The van der Waals surface area contributed by atoms with Gasteiger partial charge < -0.3 is 14.7 Å². The fraction of sp³-hybridized carbons (Fsp3) is 0.378. The molecular formula is C45H53N2O18S5+. The summed E-state index contributed by atoms with van der Waals surface area (Å²) in [4.78, 5) is 10.5. The summed E-state index contributed by atoms with van der Waals surface area (Å²) in [7, 11) is -22.9. The summed E-state index contributed by atoms with van der Waals surface area (Å²) >= 11 is 0. The van der Waals surface area contributed by atoms with Crippen LogP contribution in [0.5, 0.6) is 0 Å². The number of carboxylic acids is 1. The molecule has 2 unspecified atom stereocenters. The largest absolute Gasteiger partial charge is 0.481 e. The van der Waals surface area contributed by atoms with Gasteiger partial charge in [-0.2, -0.15) is 46.7 Å². The number of allylic oxidation sites excluding steroid dienone is 6. The molecule has 0 radical (unpaired) electrons. The number of unbranched alkanes of at least 4 members (excludes halogenated alkanes) is 2. The lowest BCUT2D eigenvalue weighted by Gasteiger charge is -2.31. The normalized spacial score (nSPS) is 19.7. The molecule has 2 heterocycles. The molecule has 70 heavy (non-hydrogen) atoms. The number of hydrogen-bond donors (Lipinski definition) is 6. The summed E-state index contributed by atoms with van der Waals surface area (Å²) in [6.07, 6.45) is 9.56. The first-order valence-electron chi connectivity index (χ1n) is 21.6. The Hall–Kier alpha value is -4.93. The number of aliphatic carboxylic acids is 1. The molecule has 25 heteroatoms. The topological polar surface area (TPSA) is 325 Å². The van der Waals surface area contributed by atoms with Crippen LogP contribution in [0.1, 0.15) is 76.8 Å². The van der Waals surface area contributed by atoms with Gasteiger partial charge in [-0.05, 0) is 106 Å². The van der Waals surface area contributed by atoms with Gasteiger partial charge in [0.1, 0.15) is 16.3 Å². The van der Waals surface area contributed by atoms with Crippen molar-refractivity contribution in [2.45, 2.75) is 96.1 Å². The monoisotopic (exact) mass is 1070 g/mol. The van der Waals surface area contributed by atoms with Crippen molar-refractivity contribution < 1.29 is 84.1 Å². The lowest BCUT2D eigenvalue weighted by atomic mass is 9.75. The van der Waals surface area contributed by atoms with Crippen molar-refractivity contribution in [3.8, 4) is 0 Å². The molecule has 2 atom stereocenters. The van der Waals surface area contributed by atoms with Crippen LogP contribution in [0.25, 0.3) is 21.5 Å². The molecule has 4 aromatic rings. The van der Waals surface area contributed by atoms with E-state index in [4.69, 9.17) is 4.74 Å². The first kappa shape index (κ1) is 54.4. The second-order valence-corrected chi connectivity index (χ2v) is 24.6. The van der Waals surface area contributed by atoms with Crippen molar-refractivity contribution >= 4 is 95.2 Å². The molecule has 0 saturated heterocycles. The number of fused-ring (bicyclic) bond motifs is 6. The van der Waals surface area contributed by atoms with E-state index in [0.29, 0.717) is 59.2 Å². The molecule has 2 aliphatic heterocycles. The van der Waals surface area contributed by atoms with Crippen molar-refractivity contribution in [1.29, 1.82) is 0 Å². The Kier molecular flexibility index (Phi) is 15.5. The van der Waals surface area contributed by atoms with Gasteiger partial charge in [-0.1, -0.05) is 36.8 Å². The minimum absolute atomic E-state index is 0.00456. The molecule has 0 aromatic heterocycles. The van der Waals surface area contributed by atoms with Crippen LogP contribution >= 0.6 is 0 Å². The second kappa shape index (κ2) is 19.9. The van der Waals surface area contributed by atoms with E-state index in [1.54, 1.807) is 54.9 Å². The van der Waals surface area contributed by atoms with E-state index >= 15 is 0 Å². The number of anilines is 1. The van der Waals surface area contributed by atoms with E-state index in [1.807, 2.05) is 11.8 Å². The van der Waals surface area contributed by atoms with Crippen LogP contribution in [-0.4, -0.2) is 119 Å². The first-order valence-corrected chi connectivity index (χ1v) is 29.0. The molecule has 6 rings (SSSR count). The van der Waals surface area contributed by atoms with E-state index in [-0.39, 0.29) is 66.9 Å². The zero-order valence-electron chi connectivity index (χ0n) is 38.3. The predicted octanol–water partition coefficient (Wildman–Crippen LogP) is 6.48. The third-order valence-corrected chi connectivity index (χ3v) is 17.1. The maximum absolute atomic E-state index is 12.8. The van der Waals surface area contributed by atoms with Crippen LogP contribution in [0.15, 0.2) is 104 Å². The Balaban J connectivity index is 1.56.